The molecule has 0 saturated heterocycles. The molecule has 0 saturated carbocycles. The molecule has 0 atom stereocenters. The van der Waals surface area contributed by atoms with E-state index in [4.69, 9.17) is 0 Å². The van der Waals surface area contributed by atoms with Crippen LogP contribution in [0.1, 0.15) is 10.4 Å². The van der Waals surface area contributed by atoms with Gasteiger partial charge < -0.3 is 9.80 Å². The number of halogens is 2. The second kappa shape index (κ2) is 7.33. The van der Waals surface area contributed by atoms with Crippen molar-refractivity contribution in [3.63, 3.8) is 0 Å². The molecule has 0 aliphatic heterocycles. The first kappa shape index (κ1) is 17.1. The number of nitrogens with zero attached hydrogens (tertiary/aromatic N) is 2. The third-order valence-corrected chi connectivity index (χ3v) is 3.58. The van der Waals surface area contributed by atoms with Gasteiger partial charge in [-0.3, -0.25) is 4.79 Å². The molecule has 122 valence electrons. The van der Waals surface area contributed by atoms with Gasteiger partial charge in [0.25, 0.3) is 5.91 Å². The van der Waals surface area contributed by atoms with Crippen LogP contribution in [0.3, 0.4) is 0 Å². The summed E-state index contributed by atoms with van der Waals surface area (Å²) in [5.74, 6) is -1.18. The summed E-state index contributed by atoms with van der Waals surface area (Å²) in [4.78, 5) is 16.0. The fourth-order valence-corrected chi connectivity index (χ4v) is 2.21. The largest absolute Gasteiger partial charge is 0.340 e. The summed E-state index contributed by atoms with van der Waals surface area (Å²) >= 11 is 0. The smallest absolute Gasteiger partial charge is 0.253 e. The monoisotopic (exact) mass is 318 g/mol. The van der Waals surface area contributed by atoms with Crippen molar-refractivity contribution < 1.29 is 13.6 Å². The average molecular weight is 318 g/mol. The Morgan fingerprint density at radius 2 is 1.74 bits per heavy atom. The number of amides is 1. The van der Waals surface area contributed by atoms with Crippen LogP contribution in [-0.4, -0.2) is 49.9 Å². The van der Waals surface area contributed by atoms with Gasteiger partial charge >= 0.3 is 0 Å². The van der Waals surface area contributed by atoms with Crippen LogP contribution in [0.4, 0.5) is 8.78 Å². The van der Waals surface area contributed by atoms with E-state index < -0.39 is 11.6 Å². The van der Waals surface area contributed by atoms with Crippen LogP contribution in [0.5, 0.6) is 0 Å². The topological polar surface area (TPSA) is 23.6 Å². The molecule has 1 amide bonds. The van der Waals surface area contributed by atoms with Crippen molar-refractivity contribution in [2.45, 2.75) is 0 Å². The zero-order valence-electron chi connectivity index (χ0n) is 13.5. The highest BCUT2D eigenvalue weighted by atomic mass is 19.1. The molecular formula is C18H20F2N2O. The Morgan fingerprint density at radius 3 is 2.43 bits per heavy atom. The predicted octanol–water partition coefficient (Wildman–Crippen LogP) is 3.27. The lowest BCUT2D eigenvalue weighted by Gasteiger charge is -2.20. The maximum atomic E-state index is 13.9. The molecule has 0 aromatic heterocycles. The Bertz CT molecular complexity index is 701. The van der Waals surface area contributed by atoms with Crippen molar-refractivity contribution >= 4 is 5.91 Å². The molecule has 3 nitrogen and oxygen atoms in total. The molecule has 0 heterocycles. The van der Waals surface area contributed by atoms with E-state index in [0.29, 0.717) is 17.7 Å². The third kappa shape index (κ3) is 4.36. The van der Waals surface area contributed by atoms with E-state index >= 15 is 0 Å². The van der Waals surface area contributed by atoms with Gasteiger partial charge in [-0.1, -0.05) is 12.1 Å². The van der Waals surface area contributed by atoms with Crippen LogP contribution < -0.4 is 0 Å². The fraction of sp³-hybridized carbons (Fsp3) is 0.278. The number of carbonyl (C=O) groups is 1. The van der Waals surface area contributed by atoms with E-state index in [0.717, 1.165) is 24.7 Å². The third-order valence-electron chi connectivity index (χ3n) is 3.58. The summed E-state index contributed by atoms with van der Waals surface area (Å²) in [5.41, 5.74) is 1.08. The molecular weight excluding hydrogens is 298 g/mol. The minimum absolute atomic E-state index is 0.148. The Kier molecular flexibility index (Phi) is 5.45. The molecule has 0 unspecified atom stereocenters. The van der Waals surface area contributed by atoms with Gasteiger partial charge in [-0.2, -0.15) is 0 Å². The lowest BCUT2D eigenvalue weighted by molar-refractivity contribution is 0.0786. The van der Waals surface area contributed by atoms with Crippen molar-refractivity contribution in [3.8, 4) is 11.1 Å². The predicted molar refractivity (Wildman–Crippen MR) is 87.3 cm³/mol. The molecule has 0 N–H and O–H groups in total. The van der Waals surface area contributed by atoms with Gasteiger partial charge in [0, 0.05) is 31.3 Å². The van der Waals surface area contributed by atoms with E-state index in [2.05, 4.69) is 0 Å². The first-order valence-electron chi connectivity index (χ1n) is 7.34. The first-order valence-corrected chi connectivity index (χ1v) is 7.34. The Hall–Kier alpha value is -2.27. The van der Waals surface area contributed by atoms with Crippen molar-refractivity contribution in [1.82, 2.24) is 9.80 Å². The fourth-order valence-electron chi connectivity index (χ4n) is 2.21. The van der Waals surface area contributed by atoms with Gasteiger partial charge in [0.1, 0.15) is 11.6 Å². The van der Waals surface area contributed by atoms with Crippen molar-refractivity contribution in [2.75, 3.05) is 34.2 Å². The highest BCUT2D eigenvalue weighted by molar-refractivity contribution is 5.95. The Labute approximate surface area is 135 Å². The van der Waals surface area contributed by atoms with E-state index in [1.165, 1.54) is 0 Å². The summed E-state index contributed by atoms with van der Waals surface area (Å²) in [5, 5.41) is 0. The standard InChI is InChI=1S/C18H20F2N2O/c1-21(2)9-10-22(3)18(23)14-6-4-5-13(11-14)16-12-15(19)7-8-17(16)20/h4-8,11-12H,9-10H2,1-3H3. The van der Waals surface area contributed by atoms with E-state index in [-0.39, 0.29) is 11.5 Å². The normalized spacial score (nSPS) is 10.9. The molecule has 0 radical (unpaired) electrons. The van der Waals surface area contributed by atoms with Crippen LogP contribution in [0.2, 0.25) is 0 Å². The maximum Gasteiger partial charge on any atom is 0.253 e. The van der Waals surface area contributed by atoms with Crippen LogP contribution in [-0.2, 0) is 0 Å². The van der Waals surface area contributed by atoms with Gasteiger partial charge in [0.2, 0.25) is 0 Å². The molecule has 0 aliphatic rings. The molecule has 2 aromatic rings. The van der Waals surface area contributed by atoms with Crippen molar-refractivity contribution in [1.29, 1.82) is 0 Å². The van der Waals surface area contributed by atoms with E-state index in [1.54, 1.807) is 36.2 Å². The second-order valence-electron chi connectivity index (χ2n) is 5.73. The van der Waals surface area contributed by atoms with Gasteiger partial charge in [-0.25, -0.2) is 8.78 Å². The summed E-state index contributed by atoms with van der Waals surface area (Å²) in [6.45, 7) is 1.34. The molecule has 2 aromatic carbocycles. The van der Waals surface area contributed by atoms with Gasteiger partial charge in [-0.15, -0.1) is 0 Å². The zero-order chi connectivity index (χ0) is 17.0. The second-order valence-corrected chi connectivity index (χ2v) is 5.73. The number of rotatable bonds is 5. The molecule has 0 fully saturated rings. The van der Waals surface area contributed by atoms with Crippen LogP contribution in [0.25, 0.3) is 11.1 Å². The zero-order valence-corrected chi connectivity index (χ0v) is 13.5. The van der Waals surface area contributed by atoms with Gasteiger partial charge in [0.15, 0.2) is 0 Å². The quantitative estimate of drug-likeness (QED) is 0.845. The number of carbonyl (C=O) groups excluding carboxylic acids is 1. The molecule has 0 spiro atoms. The maximum absolute atomic E-state index is 13.9. The highest BCUT2D eigenvalue weighted by Gasteiger charge is 2.14. The van der Waals surface area contributed by atoms with Gasteiger partial charge in [-0.05, 0) is 50.0 Å². The number of hydrogen-bond acceptors (Lipinski definition) is 2. The van der Waals surface area contributed by atoms with Crippen molar-refractivity contribution in [2.24, 2.45) is 0 Å². The molecule has 23 heavy (non-hydrogen) atoms. The molecule has 5 heteroatoms. The summed E-state index contributed by atoms with van der Waals surface area (Å²) in [6.07, 6.45) is 0. The molecule has 0 aliphatic carbocycles. The summed E-state index contributed by atoms with van der Waals surface area (Å²) in [6, 6.07) is 9.89. The lowest BCUT2D eigenvalue weighted by Crippen LogP contribution is -2.33. The lowest BCUT2D eigenvalue weighted by atomic mass is 10.0. The van der Waals surface area contributed by atoms with Crippen LogP contribution in [0, 0.1) is 11.6 Å². The number of likely N-dealkylation sites (N-methyl/N-ethyl adjacent to an activating group) is 2. The molecule has 0 bridgehead atoms. The van der Waals surface area contributed by atoms with E-state index in [1.807, 2.05) is 19.0 Å². The van der Waals surface area contributed by atoms with Crippen LogP contribution in [0.15, 0.2) is 42.5 Å². The summed E-state index contributed by atoms with van der Waals surface area (Å²) < 4.78 is 27.2. The number of hydrogen-bond donors (Lipinski definition) is 0. The van der Waals surface area contributed by atoms with Crippen LogP contribution >= 0.6 is 0 Å². The highest BCUT2D eigenvalue weighted by Crippen LogP contribution is 2.25. The number of benzene rings is 2. The minimum Gasteiger partial charge on any atom is -0.340 e. The first-order chi connectivity index (χ1) is 10.9. The summed E-state index contributed by atoms with van der Waals surface area (Å²) in [7, 11) is 5.60. The van der Waals surface area contributed by atoms with Crippen molar-refractivity contribution in [3.05, 3.63) is 59.7 Å². The van der Waals surface area contributed by atoms with Gasteiger partial charge in [0.05, 0.1) is 0 Å². The Balaban J connectivity index is 2.26. The SMILES string of the molecule is CN(C)CCN(C)C(=O)c1cccc(-c2cc(F)ccc2F)c1. The minimum atomic E-state index is -0.517. The van der Waals surface area contributed by atoms with E-state index in [9.17, 15) is 13.6 Å². The Morgan fingerprint density at radius 1 is 1.00 bits per heavy atom. The molecule has 2 rings (SSSR count). The average Bonchev–Trinajstić information content (AvgIpc) is 2.54.